The Kier molecular flexibility index (Phi) is 13.0. The number of fused-ring (bicyclic) bond motifs is 1. The molecule has 50 heavy (non-hydrogen) atoms. The molecule has 0 saturated heterocycles. The Morgan fingerprint density at radius 1 is 0.920 bits per heavy atom. The van der Waals surface area contributed by atoms with Crippen LogP contribution in [0.5, 0.6) is 11.5 Å². The number of nitrogens with one attached hydrogen (secondary N) is 1. The molecular weight excluding hydrogens is 660 g/mol. The van der Waals surface area contributed by atoms with Crippen LogP contribution in [-0.4, -0.2) is 70.6 Å². The number of nitrogens with zero attached hydrogens (tertiary/aromatic N) is 1. The van der Waals surface area contributed by atoms with E-state index in [-0.39, 0.29) is 43.1 Å². The van der Waals surface area contributed by atoms with Gasteiger partial charge in [0.25, 0.3) is 16.0 Å². The molecule has 0 aliphatic heterocycles. The summed E-state index contributed by atoms with van der Waals surface area (Å²) in [5.74, 6) is 6.10. The largest absolute Gasteiger partial charge is 0.497 e. The third-order valence-electron chi connectivity index (χ3n) is 7.08. The van der Waals surface area contributed by atoms with Gasteiger partial charge in [-0.2, -0.15) is 8.42 Å². The number of carbonyl (C=O) groups is 2. The molecule has 11 nitrogen and oxygen atoms in total. The van der Waals surface area contributed by atoms with Gasteiger partial charge in [0.05, 0.1) is 43.7 Å². The zero-order valence-electron chi connectivity index (χ0n) is 29.1. The molecule has 12 heteroatoms. The van der Waals surface area contributed by atoms with Gasteiger partial charge in [-0.1, -0.05) is 36.1 Å². The lowest BCUT2D eigenvalue weighted by Gasteiger charge is -2.22. The average molecular weight is 703 g/mol. The highest BCUT2D eigenvalue weighted by molar-refractivity contribution is 7.85. The first-order valence-electron chi connectivity index (χ1n) is 15.9. The summed E-state index contributed by atoms with van der Waals surface area (Å²) in [5.41, 5.74) is 2.50. The van der Waals surface area contributed by atoms with Crippen LogP contribution in [0.1, 0.15) is 64.7 Å². The highest BCUT2D eigenvalue weighted by Crippen LogP contribution is 2.23. The molecular formula is C38H42N2O9S. The van der Waals surface area contributed by atoms with E-state index in [2.05, 4.69) is 22.1 Å². The first-order valence-corrected chi connectivity index (χ1v) is 17.7. The van der Waals surface area contributed by atoms with Gasteiger partial charge in [0.2, 0.25) is 0 Å². The number of amides is 1. The number of esters is 1. The number of aromatic nitrogens is 1. The van der Waals surface area contributed by atoms with Crippen molar-refractivity contribution in [1.82, 2.24) is 10.3 Å². The Labute approximate surface area is 293 Å². The summed E-state index contributed by atoms with van der Waals surface area (Å²) in [5, 5.41) is 3.43. The second kappa shape index (κ2) is 17.1. The monoisotopic (exact) mass is 702 g/mol. The summed E-state index contributed by atoms with van der Waals surface area (Å²) in [6, 6.07) is 20.9. The minimum Gasteiger partial charge on any atom is -0.497 e. The number of rotatable bonds is 14. The third kappa shape index (κ3) is 11.9. The van der Waals surface area contributed by atoms with Crippen LogP contribution in [0.4, 0.5) is 0 Å². The molecule has 1 N–H and O–H groups in total. The standard InChI is InChI=1S/C38H42N2O9S/c1-38(2,3)49-31-17-10-27(11-18-31)21-29(25-45-4)39-36(41)35-23-33(37(42)47-24-28-12-15-30(46-5)16-13-28)32-22-26(14-19-34(32)40-35)9-7-8-20-48-50(6,43)44/h10-19,22-23,29H,8,20-21,24-25H2,1-6H3,(H,39,41)/t29-/m0/s1. The molecule has 4 rings (SSSR count). The Bertz CT molecular complexity index is 1960. The Hall–Kier alpha value is -4.96. The Balaban J connectivity index is 1.59. The first-order chi connectivity index (χ1) is 23.7. The van der Waals surface area contributed by atoms with Gasteiger partial charge in [-0.15, -0.1) is 0 Å². The fourth-order valence-corrected chi connectivity index (χ4v) is 5.28. The van der Waals surface area contributed by atoms with Crippen LogP contribution in [0.2, 0.25) is 0 Å². The fourth-order valence-electron chi connectivity index (χ4n) is 4.89. The first kappa shape index (κ1) is 37.9. The van der Waals surface area contributed by atoms with Crippen molar-refractivity contribution >= 4 is 32.9 Å². The van der Waals surface area contributed by atoms with Gasteiger partial charge < -0.3 is 24.3 Å². The molecule has 0 aliphatic rings. The molecule has 0 aliphatic carbocycles. The second-order valence-electron chi connectivity index (χ2n) is 12.5. The van der Waals surface area contributed by atoms with E-state index >= 15 is 0 Å². The van der Waals surface area contributed by atoms with Crippen LogP contribution in [-0.2, 0) is 36.8 Å². The number of hydrogen-bond acceptors (Lipinski definition) is 10. The molecule has 0 bridgehead atoms. The maximum atomic E-state index is 13.6. The van der Waals surface area contributed by atoms with E-state index < -0.39 is 28.0 Å². The zero-order chi connectivity index (χ0) is 36.3. The summed E-state index contributed by atoms with van der Waals surface area (Å²) >= 11 is 0. The van der Waals surface area contributed by atoms with E-state index in [0.717, 1.165) is 23.1 Å². The molecule has 1 heterocycles. The fraction of sp³-hybridized carbons (Fsp3) is 0.342. The number of methoxy groups -OCH3 is 2. The molecule has 0 unspecified atom stereocenters. The summed E-state index contributed by atoms with van der Waals surface area (Å²) < 4.78 is 49.4. The van der Waals surface area contributed by atoms with Gasteiger partial charge in [0.1, 0.15) is 29.4 Å². The summed E-state index contributed by atoms with van der Waals surface area (Å²) in [6.45, 7) is 6.09. The molecule has 3 aromatic carbocycles. The Morgan fingerprint density at radius 2 is 1.60 bits per heavy atom. The van der Waals surface area contributed by atoms with E-state index in [1.54, 1.807) is 56.7 Å². The molecule has 0 spiro atoms. The third-order valence-corrected chi connectivity index (χ3v) is 7.67. The van der Waals surface area contributed by atoms with Crippen molar-refractivity contribution in [2.75, 3.05) is 33.7 Å². The molecule has 0 fully saturated rings. The van der Waals surface area contributed by atoms with E-state index in [9.17, 15) is 18.0 Å². The van der Waals surface area contributed by atoms with Gasteiger partial charge in [-0.05, 0) is 86.8 Å². The van der Waals surface area contributed by atoms with Crippen molar-refractivity contribution < 1.29 is 41.1 Å². The van der Waals surface area contributed by atoms with Crippen LogP contribution < -0.4 is 14.8 Å². The topological polar surface area (TPSA) is 139 Å². The minimum atomic E-state index is -3.57. The number of pyridine rings is 1. The summed E-state index contributed by atoms with van der Waals surface area (Å²) in [4.78, 5) is 31.8. The van der Waals surface area contributed by atoms with Crippen LogP contribution >= 0.6 is 0 Å². The summed E-state index contributed by atoms with van der Waals surface area (Å²) in [6.07, 6.45) is 1.63. The summed E-state index contributed by atoms with van der Waals surface area (Å²) in [7, 11) is -0.440. The van der Waals surface area contributed by atoms with Gasteiger partial charge in [0.15, 0.2) is 0 Å². The molecule has 1 atom stereocenters. The van der Waals surface area contributed by atoms with Crippen LogP contribution in [0.25, 0.3) is 10.9 Å². The molecule has 4 aromatic rings. The highest BCUT2D eigenvalue weighted by atomic mass is 32.2. The quantitative estimate of drug-likeness (QED) is 0.0778. The van der Waals surface area contributed by atoms with Crippen molar-refractivity contribution in [3.63, 3.8) is 0 Å². The number of ether oxygens (including phenoxy) is 4. The second-order valence-corrected chi connectivity index (χ2v) is 14.1. The van der Waals surface area contributed by atoms with Gasteiger partial charge in [-0.3, -0.25) is 8.98 Å². The Morgan fingerprint density at radius 3 is 2.24 bits per heavy atom. The van der Waals surface area contributed by atoms with E-state index in [4.69, 9.17) is 23.1 Å². The maximum absolute atomic E-state index is 13.6. The average Bonchev–Trinajstić information content (AvgIpc) is 3.06. The van der Waals surface area contributed by atoms with E-state index in [1.807, 2.05) is 45.0 Å². The smallest absolute Gasteiger partial charge is 0.339 e. The van der Waals surface area contributed by atoms with Gasteiger partial charge >= 0.3 is 5.97 Å². The molecule has 264 valence electrons. The van der Waals surface area contributed by atoms with E-state index in [1.165, 1.54) is 6.07 Å². The van der Waals surface area contributed by atoms with Crippen molar-refractivity contribution in [2.24, 2.45) is 0 Å². The number of benzene rings is 3. The minimum absolute atomic E-state index is 0.0104. The van der Waals surface area contributed by atoms with E-state index in [0.29, 0.717) is 28.6 Å². The number of hydrogen-bond donors (Lipinski definition) is 1. The molecule has 0 saturated carbocycles. The van der Waals surface area contributed by atoms with Crippen molar-refractivity contribution in [3.8, 4) is 23.3 Å². The highest BCUT2D eigenvalue weighted by Gasteiger charge is 2.21. The normalized spacial score (nSPS) is 12.0. The van der Waals surface area contributed by atoms with Crippen molar-refractivity contribution in [1.29, 1.82) is 0 Å². The van der Waals surface area contributed by atoms with Crippen LogP contribution in [0.3, 0.4) is 0 Å². The predicted molar refractivity (Wildman–Crippen MR) is 190 cm³/mol. The van der Waals surface area contributed by atoms with Gasteiger partial charge in [0, 0.05) is 24.5 Å². The molecule has 1 amide bonds. The lowest BCUT2D eigenvalue weighted by atomic mass is 10.0. The lowest BCUT2D eigenvalue weighted by Crippen LogP contribution is -2.40. The van der Waals surface area contributed by atoms with Crippen LogP contribution in [0, 0.1) is 11.8 Å². The number of carbonyl (C=O) groups excluding carboxylic acids is 2. The lowest BCUT2D eigenvalue weighted by molar-refractivity contribution is 0.0475. The zero-order valence-corrected chi connectivity index (χ0v) is 29.9. The van der Waals surface area contributed by atoms with Crippen LogP contribution in [0.15, 0.2) is 72.8 Å². The van der Waals surface area contributed by atoms with Crippen molar-refractivity contribution in [3.05, 3.63) is 101 Å². The van der Waals surface area contributed by atoms with Gasteiger partial charge in [-0.25, -0.2) is 9.78 Å². The predicted octanol–water partition coefficient (Wildman–Crippen LogP) is 5.48. The molecule has 0 radical (unpaired) electrons. The molecule has 1 aromatic heterocycles. The SMILES string of the molecule is COC[C@H](Cc1ccc(OC(C)(C)C)cc1)NC(=O)c1cc(C(=O)OCc2ccc(OC)cc2)c2cc(C#CCCOS(C)(=O)=O)ccc2n1. The van der Waals surface area contributed by atoms with Crippen molar-refractivity contribution in [2.45, 2.75) is 51.9 Å². The maximum Gasteiger partial charge on any atom is 0.339 e.